The van der Waals surface area contributed by atoms with Crippen LogP contribution >= 0.6 is 0 Å². The molecule has 5 nitrogen and oxygen atoms in total. The van der Waals surface area contributed by atoms with Gasteiger partial charge in [-0.05, 0) is 29.8 Å². The van der Waals surface area contributed by atoms with Crippen LogP contribution in [0.25, 0.3) is 0 Å². The smallest absolute Gasteiger partial charge is 0.232 e. The van der Waals surface area contributed by atoms with E-state index in [-0.39, 0.29) is 0 Å². The van der Waals surface area contributed by atoms with Gasteiger partial charge >= 0.3 is 0 Å². The first kappa shape index (κ1) is 14.6. The molecule has 0 aliphatic rings. The Balaban J connectivity index is 2.19. The second kappa shape index (κ2) is 6.56. The molecule has 108 valence electrons. The molecule has 0 spiro atoms. The number of carbonyl (C=O) groups is 2. The van der Waals surface area contributed by atoms with Crippen molar-refractivity contribution in [2.45, 2.75) is 5.92 Å². The third kappa shape index (κ3) is 3.39. The Kier molecular flexibility index (Phi) is 4.56. The van der Waals surface area contributed by atoms with Crippen LogP contribution in [0.2, 0.25) is 0 Å². The summed E-state index contributed by atoms with van der Waals surface area (Å²) in [6.07, 6.45) is 0.526. The number of rotatable bonds is 6. The SMILES string of the molecule is COc1ccccc1Oc1ccc(C(C=O)C(N)=O)cc1. The lowest BCUT2D eigenvalue weighted by Crippen LogP contribution is -2.22. The molecular formula is C16H15NO4. The fourth-order valence-corrected chi connectivity index (χ4v) is 1.88. The van der Waals surface area contributed by atoms with Crippen molar-refractivity contribution in [1.29, 1.82) is 0 Å². The Labute approximate surface area is 122 Å². The maximum absolute atomic E-state index is 11.1. The van der Waals surface area contributed by atoms with E-state index in [1.807, 2.05) is 12.1 Å². The molecule has 0 aliphatic heterocycles. The van der Waals surface area contributed by atoms with Crippen LogP contribution in [0, 0.1) is 0 Å². The quantitative estimate of drug-likeness (QED) is 0.652. The number of para-hydroxylation sites is 2. The number of benzene rings is 2. The highest BCUT2D eigenvalue weighted by Gasteiger charge is 2.16. The predicted octanol–water partition coefficient (Wildman–Crippen LogP) is 2.26. The van der Waals surface area contributed by atoms with Gasteiger partial charge in [0, 0.05) is 0 Å². The highest BCUT2D eigenvalue weighted by atomic mass is 16.5. The number of amides is 1. The molecule has 0 radical (unpaired) electrons. The molecule has 0 aliphatic carbocycles. The van der Waals surface area contributed by atoms with E-state index in [4.69, 9.17) is 15.2 Å². The largest absolute Gasteiger partial charge is 0.493 e. The molecule has 0 fully saturated rings. The first-order valence-corrected chi connectivity index (χ1v) is 6.31. The number of nitrogens with two attached hydrogens (primary N) is 1. The van der Waals surface area contributed by atoms with Gasteiger partial charge in [0.05, 0.1) is 7.11 Å². The Morgan fingerprint density at radius 1 is 1.10 bits per heavy atom. The van der Waals surface area contributed by atoms with Crippen molar-refractivity contribution in [1.82, 2.24) is 0 Å². The zero-order valence-electron chi connectivity index (χ0n) is 11.5. The van der Waals surface area contributed by atoms with E-state index in [9.17, 15) is 9.59 Å². The first-order valence-electron chi connectivity index (χ1n) is 6.31. The molecule has 1 atom stereocenters. The average Bonchev–Trinajstić information content (AvgIpc) is 2.50. The molecule has 0 bridgehead atoms. The van der Waals surface area contributed by atoms with E-state index < -0.39 is 11.8 Å². The van der Waals surface area contributed by atoms with E-state index in [1.54, 1.807) is 43.5 Å². The van der Waals surface area contributed by atoms with Crippen LogP contribution in [0.5, 0.6) is 17.2 Å². The number of ether oxygens (including phenoxy) is 2. The van der Waals surface area contributed by atoms with Gasteiger partial charge in [-0.2, -0.15) is 0 Å². The zero-order valence-corrected chi connectivity index (χ0v) is 11.5. The summed E-state index contributed by atoms with van der Waals surface area (Å²) in [5.74, 6) is 0.144. The minimum absolute atomic E-state index is 0.526. The number of methoxy groups -OCH3 is 1. The van der Waals surface area contributed by atoms with Gasteiger partial charge in [0.2, 0.25) is 5.91 Å². The lowest BCUT2D eigenvalue weighted by Gasteiger charge is -2.11. The first-order chi connectivity index (χ1) is 10.2. The number of hydrogen-bond donors (Lipinski definition) is 1. The summed E-state index contributed by atoms with van der Waals surface area (Å²) in [7, 11) is 1.56. The molecule has 21 heavy (non-hydrogen) atoms. The number of primary amides is 1. The standard InChI is InChI=1S/C16H15NO4/c1-20-14-4-2-3-5-15(14)21-12-8-6-11(7-9-12)13(10-18)16(17)19/h2-10,13H,1H3,(H2,17,19). The lowest BCUT2D eigenvalue weighted by atomic mass is 10.0. The monoisotopic (exact) mass is 285 g/mol. The van der Waals surface area contributed by atoms with Gasteiger partial charge in [-0.15, -0.1) is 0 Å². The van der Waals surface area contributed by atoms with Crippen molar-refractivity contribution < 1.29 is 19.1 Å². The Morgan fingerprint density at radius 3 is 2.24 bits per heavy atom. The third-order valence-corrected chi connectivity index (χ3v) is 2.98. The Hall–Kier alpha value is -2.82. The minimum atomic E-state index is -0.940. The summed E-state index contributed by atoms with van der Waals surface area (Å²) in [5, 5.41) is 0. The molecule has 0 saturated heterocycles. The topological polar surface area (TPSA) is 78.6 Å². The average molecular weight is 285 g/mol. The number of aldehydes is 1. The molecule has 2 aromatic carbocycles. The van der Waals surface area contributed by atoms with Crippen molar-refractivity contribution >= 4 is 12.2 Å². The summed E-state index contributed by atoms with van der Waals surface area (Å²) in [5.41, 5.74) is 5.69. The molecular weight excluding hydrogens is 270 g/mol. The molecule has 0 aromatic heterocycles. The summed E-state index contributed by atoms with van der Waals surface area (Å²) in [4.78, 5) is 22.0. The van der Waals surface area contributed by atoms with Crippen LogP contribution in [-0.2, 0) is 9.59 Å². The van der Waals surface area contributed by atoms with Crippen molar-refractivity contribution in [2.24, 2.45) is 5.73 Å². The molecule has 2 N–H and O–H groups in total. The lowest BCUT2D eigenvalue weighted by molar-refractivity contribution is -0.123. The summed E-state index contributed by atoms with van der Waals surface area (Å²) < 4.78 is 10.9. The van der Waals surface area contributed by atoms with Crippen molar-refractivity contribution in [3.05, 3.63) is 54.1 Å². The predicted molar refractivity (Wildman–Crippen MR) is 77.5 cm³/mol. The molecule has 1 unspecified atom stereocenters. The van der Waals surface area contributed by atoms with Gasteiger partial charge in [-0.3, -0.25) is 4.79 Å². The molecule has 5 heteroatoms. The second-order valence-electron chi connectivity index (χ2n) is 4.34. The molecule has 2 aromatic rings. The second-order valence-corrected chi connectivity index (χ2v) is 4.34. The molecule has 1 amide bonds. The van der Waals surface area contributed by atoms with Gasteiger partial charge in [0.1, 0.15) is 18.0 Å². The van der Waals surface area contributed by atoms with Gasteiger partial charge < -0.3 is 20.0 Å². The van der Waals surface area contributed by atoms with Gasteiger partial charge in [-0.25, -0.2) is 0 Å². The Bertz CT molecular complexity index is 637. The molecule has 0 saturated carbocycles. The van der Waals surface area contributed by atoms with Crippen LogP contribution in [-0.4, -0.2) is 19.3 Å². The summed E-state index contributed by atoms with van der Waals surface area (Å²) in [6, 6.07) is 13.9. The van der Waals surface area contributed by atoms with E-state index in [0.29, 0.717) is 29.1 Å². The van der Waals surface area contributed by atoms with E-state index in [1.165, 1.54) is 0 Å². The fraction of sp³-hybridized carbons (Fsp3) is 0.125. The Morgan fingerprint density at radius 2 is 1.71 bits per heavy atom. The summed E-state index contributed by atoms with van der Waals surface area (Å²) >= 11 is 0. The van der Waals surface area contributed by atoms with Gasteiger partial charge in [0.15, 0.2) is 11.5 Å². The normalized spacial score (nSPS) is 11.5. The highest BCUT2D eigenvalue weighted by Crippen LogP contribution is 2.31. The minimum Gasteiger partial charge on any atom is -0.493 e. The molecule has 2 rings (SSSR count). The fourth-order valence-electron chi connectivity index (χ4n) is 1.88. The van der Waals surface area contributed by atoms with Crippen LogP contribution in [0.4, 0.5) is 0 Å². The van der Waals surface area contributed by atoms with Gasteiger partial charge in [0.25, 0.3) is 0 Å². The maximum Gasteiger partial charge on any atom is 0.232 e. The van der Waals surface area contributed by atoms with Crippen LogP contribution in [0.3, 0.4) is 0 Å². The van der Waals surface area contributed by atoms with E-state index in [0.717, 1.165) is 0 Å². The van der Waals surface area contributed by atoms with E-state index in [2.05, 4.69) is 0 Å². The van der Waals surface area contributed by atoms with Crippen molar-refractivity contribution in [3.63, 3.8) is 0 Å². The zero-order chi connectivity index (χ0) is 15.2. The number of hydrogen-bond acceptors (Lipinski definition) is 4. The van der Waals surface area contributed by atoms with Crippen LogP contribution in [0.1, 0.15) is 11.5 Å². The van der Waals surface area contributed by atoms with Crippen molar-refractivity contribution in [3.8, 4) is 17.2 Å². The highest BCUT2D eigenvalue weighted by molar-refractivity contribution is 5.96. The van der Waals surface area contributed by atoms with Gasteiger partial charge in [-0.1, -0.05) is 24.3 Å². The summed E-state index contributed by atoms with van der Waals surface area (Å²) in [6.45, 7) is 0. The third-order valence-electron chi connectivity index (χ3n) is 2.98. The van der Waals surface area contributed by atoms with E-state index >= 15 is 0 Å². The van der Waals surface area contributed by atoms with Crippen molar-refractivity contribution in [2.75, 3.05) is 7.11 Å². The maximum atomic E-state index is 11.1. The van der Waals surface area contributed by atoms with Crippen LogP contribution in [0.15, 0.2) is 48.5 Å². The molecule has 0 heterocycles. The van der Waals surface area contributed by atoms with Crippen LogP contribution < -0.4 is 15.2 Å². The number of carbonyl (C=O) groups excluding carboxylic acids is 2.